The predicted molar refractivity (Wildman–Crippen MR) is 69.7 cm³/mol. The van der Waals surface area contributed by atoms with Crippen molar-refractivity contribution in [2.45, 2.75) is 60.3 Å². The maximum atomic E-state index is 2.48. The van der Waals surface area contributed by atoms with Crippen LogP contribution in [0.15, 0.2) is 0 Å². The van der Waals surface area contributed by atoms with Gasteiger partial charge in [-0.05, 0) is 44.7 Å². The summed E-state index contributed by atoms with van der Waals surface area (Å²) in [6.07, 6.45) is 5.29. The molecular formula is C14H30N. The second-order valence-electron chi connectivity index (χ2n) is 4.90. The highest BCUT2D eigenvalue weighted by Gasteiger charge is 2.07. The lowest BCUT2D eigenvalue weighted by Crippen LogP contribution is -2.24. The van der Waals surface area contributed by atoms with E-state index < -0.39 is 0 Å². The number of nitrogens with zero attached hydrogens (tertiary/aromatic N) is 1. The number of rotatable bonds is 9. The molecule has 0 heterocycles. The van der Waals surface area contributed by atoms with Crippen LogP contribution < -0.4 is 0 Å². The molecule has 0 N–H and O–H groups in total. The Morgan fingerprint density at radius 2 is 1.33 bits per heavy atom. The summed E-state index contributed by atoms with van der Waals surface area (Å²) in [4.78, 5) is 2.48. The van der Waals surface area contributed by atoms with E-state index in [9.17, 15) is 0 Å². The highest BCUT2D eigenvalue weighted by molar-refractivity contribution is 4.67. The lowest BCUT2D eigenvalue weighted by molar-refractivity contribution is 0.283. The largest absolute Gasteiger partial charge is 0.299 e. The minimum Gasteiger partial charge on any atom is -0.299 e. The first-order chi connectivity index (χ1) is 7.13. The molecule has 0 rings (SSSR count). The van der Waals surface area contributed by atoms with E-state index in [0.29, 0.717) is 0 Å². The average Bonchev–Trinajstić information content (AvgIpc) is 2.28. The lowest BCUT2D eigenvalue weighted by Gasteiger charge is -2.23. The van der Waals surface area contributed by atoms with Crippen LogP contribution in [0.2, 0.25) is 0 Å². The standard InChI is InChI=1S/C14H30N/c1-6-13(4)9-11-15(8-3)12-10-14(5)7-2/h8,13-14H,6-7,9-12H2,1-5H3. The summed E-state index contributed by atoms with van der Waals surface area (Å²) < 4.78 is 0. The SMILES string of the molecule is C[CH]N(CCC(C)CC)CCC(C)CC. The number of hydrogen-bond acceptors (Lipinski definition) is 1. The Hall–Kier alpha value is -0.0400. The van der Waals surface area contributed by atoms with E-state index >= 15 is 0 Å². The quantitative estimate of drug-likeness (QED) is 0.549. The van der Waals surface area contributed by atoms with Crippen molar-refractivity contribution in [2.75, 3.05) is 13.1 Å². The Labute approximate surface area is 97.2 Å². The first kappa shape index (κ1) is 15.0. The highest BCUT2D eigenvalue weighted by Crippen LogP contribution is 2.11. The van der Waals surface area contributed by atoms with Crippen LogP contribution in [0, 0.1) is 18.4 Å². The summed E-state index contributed by atoms with van der Waals surface area (Å²) in [6, 6.07) is 0. The summed E-state index contributed by atoms with van der Waals surface area (Å²) >= 11 is 0. The van der Waals surface area contributed by atoms with E-state index in [4.69, 9.17) is 0 Å². The van der Waals surface area contributed by atoms with Crippen molar-refractivity contribution in [2.24, 2.45) is 11.8 Å². The maximum absolute atomic E-state index is 2.48. The summed E-state index contributed by atoms with van der Waals surface area (Å²) in [6.45, 7) is 16.2. The minimum absolute atomic E-state index is 0.871. The molecule has 1 heteroatoms. The Morgan fingerprint density at radius 1 is 0.933 bits per heavy atom. The van der Waals surface area contributed by atoms with E-state index in [1.54, 1.807) is 0 Å². The molecule has 0 bridgehead atoms. The van der Waals surface area contributed by atoms with Gasteiger partial charge in [-0.3, -0.25) is 4.90 Å². The highest BCUT2D eigenvalue weighted by atomic mass is 15.1. The van der Waals surface area contributed by atoms with Gasteiger partial charge in [-0.2, -0.15) is 0 Å². The van der Waals surface area contributed by atoms with Crippen molar-refractivity contribution in [3.8, 4) is 0 Å². The zero-order valence-corrected chi connectivity index (χ0v) is 11.4. The molecule has 0 fully saturated rings. The fourth-order valence-electron chi connectivity index (χ4n) is 1.55. The van der Waals surface area contributed by atoms with Gasteiger partial charge in [0.2, 0.25) is 0 Å². The van der Waals surface area contributed by atoms with Crippen LogP contribution in [0.4, 0.5) is 0 Å². The van der Waals surface area contributed by atoms with E-state index in [1.807, 2.05) is 0 Å². The third-order valence-electron chi connectivity index (χ3n) is 3.58. The first-order valence-corrected chi connectivity index (χ1v) is 6.67. The Balaban J connectivity index is 3.63. The monoisotopic (exact) mass is 212 g/mol. The molecule has 0 saturated heterocycles. The molecule has 0 spiro atoms. The van der Waals surface area contributed by atoms with Crippen LogP contribution in [-0.4, -0.2) is 18.0 Å². The third kappa shape index (κ3) is 7.84. The van der Waals surface area contributed by atoms with Crippen LogP contribution in [0.1, 0.15) is 60.3 Å². The summed E-state index contributed by atoms with van der Waals surface area (Å²) in [5.74, 6) is 1.74. The van der Waals surface area contributed by atoms with E-state index in [0.717, 1.165) is 11.8 Å². The zero-order valence-electron chi connectivity index (χ0n) is 11.4. The normalized spacial score (nSPS) is 15.6. The molecule has 0 saturated carbocycles. The zero-order chi connectivity index (χ0) is 11.7. The average molecular weight is 212 g/mol. The van der Waals surface area contributed by atoms with Gasteiger partial charge in [0.1, 0.15) is 0 Å². The predicted octanol–water partition coefficient (Wildman–Crippen LogP) is 4.34. The van der Waals surface area contributed by atoms with E-state index in [1.165, 1.54) is 38.8 Å². The molecule has 1 nitrogen and oxygen atoms in total. The molecule has 91 valence electrons. The van der Waals surface area contributed by atoms with Gasteiger partial charge < -0.3 is 0 Å². The van der Waals surface area contributed by atoms with Crippen LogP contribution in [0.5, 0.6) is 0 Å². The van der Waals surface area contributed by atoms with Gasteiger partial charge in [-0.1, -0.05) is 40.5 Å². The fourth-order valence-corrected chi connectivity index (χ4v) is 1.55. The van der Waals surface area contributed by atoms with E-state index in [-0.39, 0.29) is 0 Å². The molecule has 0 aliphatic heterocycles. The van der Waals surface area contributed by atoms with Gasteiger partial charge in [0.25, 0.3) is 0 Å². The van der Waals surface area contributed by atoms with Gasteiger partial charge in [0.05, 0.1) is 0 Å². The van der Waals surface area contributed by atoms with Crippen molar-refractivity contribution in [1.29, 1.82) is 0 Å². The molecule has 0 amide bonds. The van der Waals surface area contributed by atoms with Crippen molar-refractivity contribution >= 4 is 0 Å². The summed E-state index contributed by atoms with van der Waals surface area (Å²) in [7, 11) is 0. The fraction of sp³-hybridized carbons (Fsp3) is 0.929. The van der Waals surface area contributed by atoms with Gasteiger partial charge in [0, 0.05) is 6.54 Å². The Kier molecular flexibility index (Phi) is 9.18. The topological polar surface area (TPSA) is 3.24 Å². The second kappa shape index (κ2) is 9.21. The Morgan fingerprint density at radius 3 is 1.60 bits per heavy atom. The molecule has 0 aromatic rings. The van der Waals surface area contributed by atoms with Gasteiger partial charge in [0.15, 0.2) is 0 Å². The molecule has 15 heavy (non-hydrogen) atoms. The third-order valence-corrected chi connectivity index (χ3v) is 3.58. The molecule has 0 aromatic heterocycles. The molecule has 0 aromatic carbocycles. The van der Waals surface area contributed by atoms with Crippen LogP contribution >= 0.6 is 0 Å². The molecular weight excluding hydrogens is 182 g/mol. The second-order valence-corrected chi connectivity index (χ2v) is 4.90. The molecule has 1 radical (unpaired) electrons. The van der Waals surface area contributed by atoms with Gasteiger partial charge >= 0.3 is 0 Å². The van der Waals surface area contributed by atoms with Crippen molar-refractivity contribution < 1.29 is 0 Å². The van der Waals surface area contributed by atoms with Crippen LogP contribution in [0.3, 0.4) is 0 Å². The van der Waals surface area contributed by atoms with Crippen LogP contribution in [0.25, 0.3) is 0 Å². The molecule has 0 aliphatic carbocycles. The molecule has 0 aliphatic rings. The van der Waals surface area contributed by atoms with Gasteiger partial charge in [-0.25, -0.2) is 0 Å². The number of hydrogen-bond donors (Lipinski definition) is 0. The minimum atomic E-state index is 0.871. The van der Waals surface area contributed by atoms with E-state index in [2.05, 4.69) is 46.1 Å². The molecule has 2 unspecified atom stereocenters. The van der Waals surface area contributed by atoms with Crippen molar-refractivity contribution in [3.63, 3.8) is 0 Å². The van der Waals surface area contributed by atoms with Gasteiger partial charge in [-0.15, -0.1) is 0 Å². The smallest absolute Gasteiger partial charge is 0.0220 e. The lowest BCUT2D eigenvalue weighted by atomic mass is 10.0. The summed E-state index contributed by atoms with van der Waals surface area (Å²) in [5, 5.41) is 0. The first-order valence-electron chi connectivity index (χ1n) is 6.67. The molecule has 2 atom stereocenters. The van der Waals surface area contributed by atoms with Crippen molar-refractivity contribution in [3.05, 3.63) is 6.54 Å². The van der Waals surface area contributed by atoms with Crippen molar-refractivity contribution in [1.82, 2.24) is 4.90 Å². The van der Waals surface area contributed by atoms with Crippen LogP contribution in [-0.2, 0) is 0 Å². The Bertz CT molecular complexity index is 119. The maximum Gasteiger partial charge on any atom is 0.0220 e. The summed E-state index contributed by atoms with van der Waals surface area (Å²) in [5.41, 5.74) is 0.